The monoisotopic (exact) mass is 543 g/mol. The Balaban J connectivity index is 1.57. The van der Waals surface area contributed by atoms with Crippen molar-refractivity contribution in [1.29, 1.82) is 0 Å². The molecule has 2 aliphatic rings. The summed E-state index contributed by atoms with van der Waals surface area (Å²) >= 11 is 1.51. The molecule has 1 fully saturated rings. The summed E-state index contributed by atoms with van der Waals surface area (Å²) in [7, 11) is 1.37. The molecule has 1 saturated heterocycles. The molecule has 2 aliphatic heterocycles. The van der Waals surface area contributed by atoms with Gasteiger partial charge in [-0.25, -0.2) is 13.2 Å². The topological polar surface area (TPSA) is 55.3 Å². The van der Waals surface area contributed by atoms with Gasteiger partial charge in [-0.3, -0.25) is 9.36 Å². The summed E-state index contributed by atoms with van der Waals surface area (Å²) in [6.45, 7) is 4.18. The Morgan fingerprint density at radius 1 is 1.13 bits per heavy atom. The van der Waals surface area contributed by atoms with Gasteiger partial charge < -0.3 is 15.4 Å². The van der Waals surface area contributed by atoms with Crippen LogP contribution in [0.3, 0.4) is 0 Å². The molecule has 38 heavy (non-hydrogen) atoms. The van der Waals surface area contributed by atoms with E-state index in [-0.39, 0.29) is 40.5 Å². The van der Waals surface area contributed by atoms with Gasteiger partial charge in [-0.05, 0) is 68.6 Å². The SMILES string of the molecule is COc1cccc(-c2c(C)c(Cc3c(F)cccc3F)c3n(c2=O)C(CNCCC2CCCN2)CS3)c1F. The van der Waals surface area contributed by atoms with E-state index in [0.717, 1.165) is 19.5 Å². The van der Waals surface area contributed by atoms with Crippen LogP contribution in [0.5, 0.6) is 5.75 Å². The number of pyridine rings is 1. The maximum atomic E-state index is 15.4. The summed E-state index contributed by atoms with van der Waals surface area (Å²) in [6.07, 6.45) is 3.33. The van der Waals surface area contributed by atoms with Crippen LogP contribution in [0.4, 0.5) is 13.2 Å². The van der Waals surface area contributed by atoms with E-state index in [1.807, 2.05) is 0 Å². The Labute approximate surface area is 224 Å². The fraction of sp³-hybridized carbons (Fsp3) is 0.414. The van der Waals surface area contributed by atoms with E-state index in [1.165, 1.54) is 56.0 Å². The van der Waals surface area contributed by atoms with Gasteiger partial charge in [0.1, 0.15) is 11.6 Å². The number of aromatic nitrogens is 1. The number of thioether (sulfide) groups is 1. The lowest BCUT2D eigenvalue weighted by atomic mass is 9.94. The molecule has 2 atom stereocenters. The van der Waals surface area contributed by atoms with Crippen LogP contribution < -0.4 is 20.9 Å². The van der Waals surface area contributed by atoms with Gasteiger partial charge >= 0.3 is 0 Å². The molecule has 9 heteroatoms. The lowest BCUT2D eigenvalue weighted by molar-refractivity contribution is 0.387. The van der Waals surface area contributed by atoms with Gasteiger partial charge in [0, 0.05) is 35.9 Å². The van der Waals surface area contributed by atoms with Crippen molar-refractivity contribution in [3.63, 3.8) is 0 Å². The predicted molar refractivity (Wildman–Crippen MR) is 145 cm³/mol. The zero-order valence-corrected chi connectivity index (χ0v) is 22.4. The van der Waals surface area contributed by atoms with Crippen molar-refractivity contribution in [3.05, 3.63) is 80.9 Å². The number of hydrogen-bond donors (Lipinski definition) is 2. The van der Waals surface area contributed by atoms with Crippen LogP contribution in [0, 0.1) is 24.4 Å². The largest absolute Gasteiger partial charge is 0.494 e. The van der Waals surface area contributed by atoms with Crippen LogP contribution in [0.25, 0.3) is 11.1 Å². The molecule has 2 unspecified atom stereocenters. The van der Waals surface area contributed by atoms with Crippen molar-refractivity contribution in [2.75, 3.05) is 32.5 Å². The molecule has 2 aromatic carbocycles. The van der Waals surface area contributed by atoms with Crippen LogP contribution in [0.15, 0.2) is 46.2 Å². The molecule has 1 aromatic heterocycles. The first kappa shape index (κ1) is 26.8. The molecule has 5 nitrogen and oxygen atoms in total. The highest BCUT2D eigenvalue weighted by atomic mass is 32.2. The lowest BCUT2D eigenvalue weighted by Gasteiger charge is -2.21. The van der Waals surface area contributed by atoms with Gasteiger partial charge in [-0.15, -0.1) is 11.8 Å². The first-order valence-electron chi connectivity index (χ1n) is 13.0. The number of halogens is 3. The molecule has 3 heterocycles. The van der Waals surface area contributed by atoms with Crippen LogP contribution in [-0.4, -0.2) is 43.1 Å². The summed E-state index contributed by atoms with van der Waals surface area (Å²) < 4.78 is 51.7. The number of benzene rings is 2. The van der Waals surface area contributed by atoms with E-state index in [2.05, 4.69) is 10.6 Å². The number of hydrogen-bond acceptors (Lipinski definition) is 5. The summed E-state index contributed by atoms with van der Waals surface area (Å²) in [5.41, 5.74) is 1.09. The molecule has 2 N–H and O–H groups in total. The molecule has 202 valence electrons. The van der Waals surface area contributed by atoms with E-state index < -0.39 is 17.5 Å². The second-order valence-electron chi connectivity index (χ2n) is 9.91. The van der Waals surface area contributed by atoms with Gasteiger partial charge in [-0.2, -0.15) is 0 Å². The molecular weight excluding hydrogens is 511 g/mol. The second kappa shape index (κ2) is 11.6. The smallest absolute Gasteiger partial charge is 0.260 e. The van der Waals surface area contributed by atoms with Crippen LogP contribution >= 0.6 is 11.8 Å². The zero-order chi connectivity index (χ0) is 26.8. The van der Waals surface area contributed by atoms with Crippen molar-refractivity contribution in [3.8, 4) is 16.9 Å². The number of methoxy groups -OCH3 is 1. The minimum Gasteiger partial charge on any atom is -0.494 e. The fourth-order valence-electron chi connectivity index (χ4n) is 5.53. The second-order valence-corrected chi connectivity index (χ2v) is 10.9. The summed E-state index contributed by atoms with van der Waals surface area (Å²) in [5, 5.41) is 7.66. The molecule has 0 spiro atoms. The number of fused-ring (bicyclic) bond motifs is 1. The van der Waals surface area contributed by atoms with Gasteiger partial charge in [0.2, 0.25) is 0 Å². The quantitative estimate of drug-likeness (QED) is 0.363. The van der Waals surface area contributed by atoms with Gasteiger partial charge in [-0.1, -0.05) is 18.2 Å². The highest BCUT2D eigenvalue weighted by molar-refractivity contribution is 7.99. The van der Waals surface area contributed by atoms with E-state index in [1.54, 1.807) is 23.6 Å². The first-order valence-corrected chi connectivity index (χ1v) is 14.0. The first-order chi connectivity index (χ1) is 18.4. The van der Waals surface area contributed by atoms with Crippen LogP contribution in [-0.2, 0) is 6.42 Å². The fourth-order valence-corrected chi connectivity index (χ4v) is 6.92. The predicted octanol–water partition coefficient (Wildman–Crippen LogP) is 5.22. The number of ether oxygens (including phenoxy) is 1. The average Bonchev–Trinajstić information content (AvgIpc) is 3.57. The van der Waals surface area contributed by atoms with E-state index in [4.69, 9.17) is 4.74 Å². The van der Waals surface area contributed by atoms with E-state index in [0.29, 0.717) is 34.5 Å². The van der Waals surface area contributed by atoms with Crippen molar-refractivity contribution >= 4 is 11.8 Å². The molecule has 0 radical (unpaired) electrons. The Hall–Kier alpha value is -2.75. The Bertz CT molecular complexity index is 1370. The summed E-state index contributed by atoms with van der Waals surface area (Å²) in [5.74, 6) is -1.26. The molecule has 0 saturated carbocycles. The third-order valence-corrected chi connectivity index (χ3v) is 8.86. The third kappa shape index (κ3) is 5.11. The van der Waals surface area contributed by atoms with E-state index in [9.17, 15) is 13.6 Å². The number of nitrogens with zero attached hydrogens (tertiary/aromatic N) is 1. The van der Waals surface area contributed by atoms with Gasteiger partial charge in [0.15, 0.2) is 11.6 Å². The molecule has 0 aliphatic carbocycles. The van der Waals surface area contributed by atoms with E-state index >= 15 is 4.39 Å². The van der Waals surface area contributed by atoms with Crippen molar-refractivity contribution in [2.45, 2.75) is 49.7 Å². The highest BCUT2D eigenvalue weighted by Crippen LogP contribution is 2.40. The van der Waals surface area contributed by atoms with Gasteiger partial charge in [0.25, 0.3) is 5.56 Å². The lowest BCUT2D eigenvalue weighted by Crippen LogP contribution is -2.35. The highest BCUT2D eigenvalue weighted by Gasteiger charge is 2.32. The number of nitrogens with one attached hydrogen (secondary N) is 2. The molecule has 5 rings (SSSR count). The molecule has 0 bridgehead atoms. The Kier molecular flexibility index (Phi) is 8.16. The average molecular weight is 544 g/mol. The normalized spacial score (nSPS) is 18.7. The summed E-state index contributed by atoms with van der Waals surface area (Å²) in [6, 6.07) is 8.81. The summed E-state index contributed by atoms with van der Waals surface area (Å²) in [4.78, 5) is 14.0. The van der Waals surface area contributed by atoms with Gasteiger partial charge in [0.05, 0.1) is 23.7 Å². The standard InChI is InChI=1S/C29H32F3N3O2S/c1-17-21(14-22-23(30)8-4-9-24(22)31)29-35(19(16-38-29)15-33-13-11-18-6-5-12-34-18)28(36)26(17)20-7-3-10-25(37-2)27(20)32/h3-4,7-10,18-19,33-34H,5-6,11-16H2,1-2H3. The Morgan fingerprint density at radius 3 is 2.61 bits per heavy atom. The van der Waals surface area contributed by atoms with Crippen LogP contribution in [0.2, 0.25) is 0 Å². The zero-order valence-electron chi connectivity index (χ0n) is 21.6. The Morgan fingerprint density at radius 2 is 1.89 bits per heavy atom. The van der Waals surface area contributed by atoms with Crippen molar-refractivity contribution in [1.82, 2.24) is 15.2 Å². The number of rotatable bonds is 9. The van der Waals surface area contributed by atoms with Crippen molar-refractivity contribution in [2.24, 2.45) is 0 Å². The minimum atomic E-state index is -0.648. The maximum Gasteiger partial charge on any atom is 0.260 e. The molecular formula is C29H32F3N3O2S. The minimum absolute atomic E-state index is 0.0293. The maximum absolute atomic E-state index is 15.4. The third-order valence-electron chi connectivity index (χ3n) is 7.59. The molecule has 0 amide bonds. The van der Waals surface area contributed by atoms with Crippen LogP contribution in [0.1, 0.15) is 42.0 Å². The van der Waals surface area contributed by atoms with Crippen molar-refractivity contribution < 1.29 is 17.9 Å². The molecule has 3 aromatic rings.